The van der Waals surface area contributed by atoms with E-state index in [1.165, 1.54) is 6.92 Å². The van der Waals surface area contributed by atoms with Gasteiger partial charge >= 0.3 is 11.9 Å². The minimum atomic E-state index is -1.24. The van der Waals surface area contributed by atoms with Crippen LogP contribution >= 0.6 is 22.6 Å². The first-order valence-electron chi connectivity index (χ1n) is 4.37. The summed E-state index contributed by atoms with van der Waals surface area (Å²) in [6.07, 6.45) is 0. The van der Waals surface area contributed by atoms with Crippen molar-refractivity contribution in [2.24, 2.45) is 0 Å². The molecular formula is C11H9IO4. The maximum absolute atomic E-state index is 11.0. The molecule has 0 spiro atoms. The highest BCUT2D eigenvalue weighted by Crippen LogP contribution is 2.20. The van der Waals surface area contributed by atoms with Crippen molar-refractivity contribution in [2.75, 3.05) is 0 Å². The Labute approximate surface area is 106 Å². The molecular weight excluding hydrogens is 323 g/mol. The molecule has 0 heterocycles. The van der Waals surface area contributed by atoms with Gasteiger partial charge in [-0.3, -0.25) is 0 Å². The fraction of sp³-hybridized carbons (Fsp3) is 0.0909. The lowest BCUT2D eigenvalue weighted by molar-refractivity contribution is -0.134. The van der Waals surface area contributed by atoms with Gasteiger partial charge in [0.1, 0.15) is 0 Å². The van der Waals surface area contributed by atoms with Crippen molar-refractivity contribution in [3.63, 3.8) is 0 Å². The second-order valence-electron chi connectivity index (χ2n) is 3.12. The van der Waals surface area contributed by atoms with Crippen LogP contribution in [0.2, 0.25) is 0 Å². The van der Waals surface area contributed by atoms with Gasteiger partial charge in [0.2, 0.25) is 0 Å². The van der Waals surface area contributed by atoms with E-state index >= 15 is 0 Å². The van der Waals surface area contributed by atoms with Gasteiger partial charge in [0.25, 0.3) is 0 Å². The minimum Gasteiger partial charge on any atom is -0.478 e. The number of carbonyl (C=O) groups is 2. The zero-order valence-electron chi connectivity index (χ0n) is 8.40. The third kappa shape index (κ3) is 2.82. The summed E-state index contributed by atoms with van der Waals surface area (Å²) in [5, 5.41) is 17.8. The van der Waals surface area contributed by atoms with Gasteiger partial charge < -0.3 is 10.2 Å². The number of carboxylic acid groups (broad SMARTS) is 2. The van der Waals surface area contributed by atoms with Crippen molar-refractivity contribution in [1.29, 1.82) is 0 Å². The van der Waals surface area contributed by atoms with Gasteiger partial charge in [0.15, 0.2) is 0 Å². The van der Waals surface area contributed by atoms with E-state index in [-0.39, 0.29) is 11.1 Å². The predicted octanol–water partition coefficient (Wildman–Crippen LogP) is 2.23. The van der Waals surface area contributed by atoms with Crippen molar-refractivity contribution >= 4 is 40.1 Å². The molecule has 1 rings (SSSR count). The third-order valence-corrected chi connectivity index (χ3v) is 2.76. The van der Waals surface area contributed by atoms with Gasteiger partial charge in [-0.25, -0.2) is 9.59 Å². The van der Waals surface area contributed by atoms with Gasteiger partial charge in [-0.05, 0) is 47.2 Å². The van der Waals surface area contributed by atoms with Crippen LogP contribution in [0, 0.1) is 3.57 Å². The normalized spacial score (nSPS) is 11.9. The molecule has 0 fully saturated rings. The molecule has 0 aliphatic heterocycles. The Morgan fingerprint density at radius 3 is 1.94 bits per heavy atom. The number of hydrogen-bond acceptors (Lipinski definition) is 2. The molecule has 0 bridgehead atoms. The van der Waals surface area contributed by atoms with E-state index in [2.05, 4.69) is 22.6 Å². The first-order valence-corrected chi connectivity index (χ1v) is 5.44. The standard InChI is InChI=1S/C11H9IO4/c1-6(10(13)14)9(11(15)16)7-2-4-8(12)5-3-7/h2-5H,1H3,(H,13,14)(H,15,16)/b9-6-. The molecule has 1 aromatic rings. The topological polar surface area (TPSA) is 74.6 Å². The van der Waals surface area contributed by atoms with Crippen molar-refractivity contribution in [3.05, 3.63) is 39.0 Å². The zero-order valence-corrected chi connectivity index (χ0v) is 10.6. The van der Waals surface area contributed by atoms with Gasteiger partial charge in [-0.1, -0.05) is 12.1 Å². The monoisotopic (exact) mass is 332 g/mol. The molecule has 0 aliphatic carbocycles. The summed E-state index contributed by atoms with van der Waals surface area (Å²) >= 11 is 2.09. The molecule has 0 atom stereocenters. The Kier molecular flexibility index (Phi) is 4.05. The lowest BCUT2D eigenvalue weighted by atomic mass is 10.0. The summed E-state index contributed by atoms with van der Waals surface area (Å²) in [7, 11) is 0. The van der Waals surface area contributed by atoms with Crippen LogP contribution in [0.5, 0.6) is 0 Å². The average Bonchev–Trinajstić information content (AvgIpc) is 2.20. The molecule has 2 N–H and O–H groups in total. The number of carboxylic acids is 2. The smallest absolute Gasteiger partial charge is 0.336 e. The van der Waals surface area contributed by atoms with Crippen molar-refractivity contribution in [2.45, 2.75) is 6.92 Å². The van der Waals surface area contributed by atoms with E-state index in [4.69, 9.17) is 10.2 Å². The van der Waals surface area contributed by atoms with Crippen LogP contribution in [-0.2, 0) is 9.59 Å². The van der Waals surface area contributed by atoms with E-state index in [0.29, 0.717) is 5.56 Å². The number of hydrogen-bond donors (Lipinski definition) is 2. The fourth-order valence-corrected chi connectivity index (χ4v) is 1.58. The Hall–Kier alpha value is -1.37. The minimum absolute atomic E-state index is 0.172. The van der Waals surface area contributed by atoms with Crippen LogP contribution in [0.4, 0.5) is 0 Å². The summed E-state index contributed by atoms with van der Waals surface area (Å²) in [6, 6.07) is 6.65. The average molecular weight is 332 g/mol. The number of halogens is 1. The molecule has 1 aromatic carbocycles. The molecule has 0 aliphatic rings. The summed E-state index contributed by atoms with van der Waals surface area (Å²) in [5.41, 5.74) is 0.0467. The lowest BCUT2D eigenvalue weighted by Gasteiger charge is -2.05. The van der Waals surface area contributed by atoms with Gasteiger partial charge in [-0.15, -0.1) is 0 Å². The second kappa shape index (κ2) is 5.11. The van der Waals surface area contributed by atoms with Crippen LogP contribution in [-0.4, -0.2) is 22.2 Å². The quantitative estimate of drug-likeness (QED) is 0.658. The maximum atomic E-state index is 11.0. The van der Waals surface area contributed by atoms with Crippen LogP contribution < -0.4 is 0 Å². The van der Waals surface area contributed by atoms with Crippen molar-refractivity contribution in [3.8, 4) is 0 Å². The third-order valence-electron chi connectivity index (χ3n) is 2.04. The Morgan fingerprint density at radius 2 is 1.56 bits per heavy atom. The number of benzene rings is 1. The van der Waals surface area contributed by atoms with Crippen molar-refractivity contribution < 1.29 is 19.8 Å². The summed E-state index contributed by atoms with van der Waals surface area (Å²) in [4.78, 5) is 21.8. The highest BCUT2D eigenvalue weighted by molar-refractivity contribution is 14.1. The molecule has 0 saturated carbocycles. The molecule has 16 heavy (non-hydrogen) atoms. The molecule has 0 amide bonds. The fourth-order valence-electron chi connectivity index (χ4n) is 1.22. The summed E-state index contributed by atoms with van der Waals surface area (Å²) in [5.74, 6) is -2.46. The van der Waals surface area contributed by atoms with Gasteiger partial charge in [0.05, 0.1) is 5.57 Å². The van der Waals surface area contributed by atoms with E-state index in [1.54, 1.807) is 24.3 Å². The molecule has 0 radical (unpaired) electrons. The van der Waals surface area contributed by atoms with Crippen LogP contribution in [0.3, 0.4) is 0 Å². The zero-order chi connectivity index (χ0) is 12.3. The van der Waals surface area contributed by atoms with E-state index in [9.17, 15) is 9.59 Å². The van der Waals surface area contributed by atoms with Crippen LogP contribution in [0.25, 0.3) is 5.57 Å². The highest BCUT2D eigenvalue weighted by atomic mass is 127. The van der Waals surface area contributed by atoms with Crippen molar-refractivity contribution in [1.82, 2.24) is 0 Å². The summed E-state index contributed by atoms with van der Waals surface area (Å²) in [6.45, 7) is 1.28. The number of aliphatic carboxylic acids is 2. The lowest BCUT2D eigenvalue weighted by Crippen LogP contribution is -2.08. The molecule has 5 heteroatoms. The Bertz CT molecular complexity index is 459. The van der Waals surface area contributed by atoms with E-state index < -0.39 is 11.9 Å². The first-order chi connectivity index (χ1) is 7.43. The molecule has 0 unspecified atom stereocenters. The Morgan fingerprint density at radius 1 is 1.06 bits per heavy atom. The predicted molar refractivity (Wildman–Crippen MR) is 67.0 cm³/mol. The summed E-state index contributed by atoms with van der Waals surface area (Å²) < 4.78 is 0.957. The molecule has 84 valence electrons. The largest absolute Gasteiger partial charge is 0.478 e. The highest BCUT2D eigenvalue weighted by Gasteiger charge is 2.17. The van der Waals surface area contributed by atoms with Crippen LogP contribution in [0.1, 0.15) is 12.5 Å². The second-order valence-corrected chi connectivity index (χ2v) is 4.36. The molecule has 0 saturated heterocycles. The maximum Gasteiger partial charge on any atom is 0.336 e. The van der Waals surface area contributed by atoms with E-state index in [1.807, 2.05) is 0 Å². The van der Waals surface area contributed by atoms with Gasteiger partial charge in [0, 0.05) is 9.14 Å². The SMILES string of the molecule is C/C(C(=O)O)=C(/C(=O)O)c1ccc(I)cc1. The molecule has 0 aromatic heterocycles. The number of rotatable bonds is 3. The van der Waals surface area contributed by atoms with Gasteiger partial charge in [-0.2, -0.15) is 0 Å². The van der Waals surface area contributed by atoms with Crippen LogP contribution in [0.15, 0.2) is 29.8 Å². The first kappa shape index (κ1) is 12.7. The van der Waals surface area contributed by atoms with E-state index in [0.717, 1.165) is 3.57 Å². The molecule has 4 nitrogen and oxygen atoms in total. The Balaban J connectivity index is 3.34.